The molecular weight excluding hydrogens is 400 g/mol. The van der Waals surface area contributed by atoms with Gasteiger partial charge in [0.15, 0.2) is 6.61 Å². The molecule has 0 radical (unpaired) electrons. The quantitative estimate of drug-likeness (QED) is 0.646. The predicted octanol–water partition coefficient (Wildman–Crippen LogP) is 0.0532. The van der Waals surface area contributed by atoms with Crippen LogP contribution >= 0.6 is 0 Å². The number of fused-ring (bicyclic) bond motifs is 1. The zero-order chi connectivity index (χ0) is 20.9. The molecule has 0 unspecified atom stereocenters. The van der Waals surface area contributed by atoms with E-state index >= 15 is 0 Å². The molecule has 0 fully saturated rings. The number of amides is 3. The number of benzene rings is 1. The van der Waals surface area contributed by atoms with Crippen LogP contribution in [-0.2, 0) is 30.9 Å². The molecule has 0 saturated heterocycles. The van der Waals surface area contributed by atoms with E-state index in [-0.39, 0.29) is 30.3 Å². The minimum Gasteiger partial charge on any atom is -0.452 e. The third kappa shape index (κ3) is 5.75. The summed E-state index contributed by atoms with van der Waals surface area (Å²) >= 11 is 0. The van der Waals surface area contributed by atoms with E-state index in [1.807, 2.05) is 30.3 Å². The summed E-state index contributed by atoms with van der Waals surface area (Å²) in [7, 11) is -3.49. The molecule has 2 aliphatic heterocycles. The number of ether oxygens (including phenoxy) is 1. The largest absolute Gasteiger partial charge is 0.452 e. The lowest BCUT2D eigenvalue weighted by atomic mass is 10.2. The standard InChI is InChI=1S/C18H18N4O6S/c23-16(20-18(25)19-10-13-4-2-1-3-5-13)12-28-17(24)14-6-7-15-21-29(26,27)9-8-22(15)11-14/h1-7,11H,8-10,12H2,(H2,19,20,23,25). The summed E-state index contributed by atoms with van der Waals surface area (Å²) in [4.78, 5) is 37.1. The number of imide groups is 1. The Labute approximate surface area is 167 Å². The van der Waals surface area contributed by atoms with Crippen molar-refractivity contribution in [2.75, 3.05) is 18.9 Å². The second kappa shape index (κ2) is 8.69. The number of carbonyl (C=O) groups excluding carboxylic acids is 3. The maximum absolute atomic E-state index is 12.1. The second-order valence-corrected chi connectivity index (χ2v) is 7.89. The summed E-state index contributed by atoms with van der Waals surface area (Å²) in [6.07, 6.45) is 4.13. The van der Waals surface area contributed by atoms with Gasteiger partial charge in [-0.3, -0.25) is 10.1 Å². The molecule has 2 aliphatic rings. The Morgan fingerprint density at radius 2 is 1.90 bits per heavy atom. The number of carbonyl (C=O) groups is 3. The molecule has 3 rings (SSSR count). The fraction of sp³-hybridized carbons (Fsp3) is 0.222. The highest BCUT2D eigenvalue weighted by molar-refractivity contribution is 7.90. The number of amidine groups is 1. The van der Waals surface area contributed by atoms with Crippen molar-refractivity contribution in [2.24, 2.45) is 4.40 Å². The number of rotatable bonds is 5. The summed E-state index contributed by atoms with van der Waals surface area (Å²) in [5.74, 6) is -1.52. The van der Waals surface area contributed by atoms with Gasteiger partial charge in [0.2, 0.25) is 0 Å². The van der Waals surface area contributed by atoms with Crippen LogP contribution in [0, 0.1) is 0 Å². The summed E-state index contributed by atoms with van der Waals surface area (Å²) in [5, 5.41) is 4.58. The van der Waals surface area contributed by atoms with E-state index in [0.717, 1.165) is 5.56 Å². The normalized spacial score (nSPS) is 16.8. The van der Waals surface area contributed by atoms with Crippen LogP contribution in [0.1, 0.15) is 5.56 Å². The molecule has 2 N–H and O–H groups in total. The molecule has 0 spiro atoms. The van der Waals surface area contributed by atoms with Crippen molar-refractivity contribution in [2.45, 2.75) is 6.54 Å². The molecule has 29 heavy (non-hydrogen) atoms. The number of esters is 1. The Balaban J connectivity index is 1.44. The van der Waals surface area contributed by atoms with Crippen molar-refractivity contribution in [3.63, 3.8) is 0 Å². The molecular formula is C18H18N4O6S. The molecule has 152 valence electrons. The van der Waals surface area contributed by atoms with Crippen LogP contribution in [0.15, 0.2) is 58.7 Å². The summed E-state index contributed by atoms with van der Waals surface area (Å²) in [6.45, 7) is -0.241. The maximum atomic E-state index is 12.1. The number of hydrogen-bond acceptors (Lipinski definition) is 7. The number of urea groups is 1. The molecule has 1 aromatic rings. The lowest BCUT2D eigenvalue weighted by Gasteiger charge is -2.26. The first-order valence-corrected chi connectivity index (χ1v) is 10.2. The Kier molecular flexibility index (Phi) is 6.07. The van der Waals surface area contributed by atoms with Crippen LogP contribution in [0.4, 0.5) is 4.79 Å². The molecule has 1 aromatic carbocycles. The van der Waals surface area contributed by atoms with Gasteiger partial charge in [-0.1, -0.05) is 30.3 Å². The van der Waals surface area contributed by atoms with Crippen LogP contribution in [0.2, 0.25) is 0 Å². The lowest BCUT2D eigenvalue weighted by Crippen LogP contribution is -2.41. The van der Waals surface area contributed by atoms with Crippen molar-refractivity contribution in [3.05, 3.63) is 59.8 Å². The van der Waals surface area contributed by atoms with Crippen LogP contribution in [0.5, 0.6) is 0 Å². The van der Waals surface area contributed by atoms with Gasteiger partial charge in [-0.25, -0.2) is 18.0 Å². The van der Waals surface area contributed by atoms with E-state index in [1.54, 1.807) is 0 Å². The number of hydrogen-bond donors (Lipinski definition) is 2. The van der Waals surface area contributed by atoms with Gasteiger partial charge in [-0.05, 0) is 17.7 Å². The van der Waals surface area contributed by atoms with Crippen molar-refractivity contribution < 1.29 is 27.5 Å². The van der Waals surface area contributed by atoms with Gasteiger partial charge in [0.25, 0.3) is 15.9 Å². The van der Waals surface area contributed by atoms with Crippen molar-refractivity contribution in [1.82, 2.24) is 15.5 Å². The highest BCUT2D eigenvalue weighted by Crippen LogP contribution is 2.16. The van der Waals surface area contributed by atoms with Crippen molar-refractivity contribution in [1.29, 1.82) is 0 Å². The average Bonchev–Trinajstić information content (AvgIpc) is 2.70. The number of nitrogens with zero attached hydrogens (tertiary/aromatic N) is 2. The lowest BCUT2D eigenvalue weighted by molar-refractivity contribution is -0.144. The van der Waals surface area contributed by atoms with E-state index in [2.05, 4.69) is 15.0 Å². The Morgan fingerprint density at radius 3 is 2.66 bits per heavy atom. The fourth-order valence-corrected chi connectivity index (χ4v) is 3.49. The monoisotopic (exact) mass is 418 g/mol. The van der Waals surface area contributed by atoms with Crippen LogP contribution in [0.3, 0.4) is 0 Å². The van der Waals surface area contributed by atoms with Gasteiger partial charge >= 0.3 is 12.0 Å². The molecule has 2 heterocycles. The Hall–Kier alpha value is -3.47. The van der Waals surface area contributed by atoms with Crippen LogP contribution in [0.25, 0.3) is 0 Å². The van der Waals surface area contributed by atoms with Crippen molar-refractivity contribution in [3.8, 4) is 0 Å². The third-order valence-corrected chi connectivity index (χ3v) is 5.11. The highest BCUT2D eigenvalue weighted by Gasteiger charge is 2.25. The van der Waals surface area contributed by atoms with E-state index in [0.29, 0.717) is 0 Å². The predicted molar refractivity (Wildman–Crippen MR) is 103 cm³/mol. The zero-order valence-corrected chi connectivity index (χ0v) is 16.0. The molecule has 3 amide bonds. The van der Waals surface area contributed by atoms with Crippen LogP contribution < -0.4 is 10.6 Å². The van der Waals surface area contributed by atoms with Gasteiger partial charge < -0.3 is 15.0 Å². The van der Waals surface area contributed by atoms with Crippen molar-refractivity contribution >= 4 is 33.8 Å². The molecule has 10 nitrogen and oxygen atoms in total. The Bertz CT molecular complexity index is 1010. The Morgan fingerprint density at radius 1 is 1.14 bits per heavy atom. The highest BCUT2D eigenvalue weighted by atomic mass is 32.2. The first kappa shape index (κ1) is 20.3. The minimum atomic E-state index is -3.49. The first-order valence-electron chi connectivity index (χ1n) is 8.60. The van der Waals surface area contributed by atoms with E-state index in [4.69, 9.17) is 4.74 Å². The molecule has 0 bridgehead atoms. The minimum absolute atomic E-state index is 0.129. The average molecular weight is 418 g/mol. The van der Waals surface area contributed by atoms with E-state index in [9.17, 15) is 22.8 Å². The molecule has 0 aromatic heterocycles. The summed E-state index contributed by atoms with van der Waals surface area (Å²) in [5.41, 5.74) is 0.996. The maximum Gasteiger partial charge on any atom is 0.340 e. The van der Waals surface area contributed by atoms with E-state index in [1.165, 1.54) is 23.3 Å². The molecule has 11 heteroatoms. The van der Waals surface area contributed by atoms with Gasteiger partial charge in [0.1, 0.15) is 5.84 Å². The molecule has 0 atom stereocenters. The second-order valence-electron chi connectivity index (χ2n) is 6.14. The van der Waals surface area contributed by atoms with E-state index < -0.39 is 34.5 Å². The molecule has 0 saturated carbocycles. The summed E-state index contributed by atoms with van der Waals surface area (Å²) in [6, 6.07) is 8.44. The smallest absolute Gasteiger partial charge is 0.340 e. The number of nitrogens with one attached hydrogen (secondary N) is 2. The van der Waals surface area contributed by atoms with Gasteiger partial charge in [0, 0.05) is 19.3 Å². The third-order valence-electron chi connectivity index (χ3n) is 3.94. The summed E-state index contributed by atoms with van der Waals surface area (Å²) < 4.78 is 31.4. The van der Waals surface area contributed by atoms with Gasteiger partial charge in [0.05, 0.1) is 11.3 Å². The topological polar surface area (TPSA) is 134 Å². The SMILES string of the molecule is O=C(COC(=O)C1=CN2CCS(=O)(=O)N=C2C=C1)NC(=O)NCc1ccccc1. The van der Waals surface area contributed by atoms with Gasteiger partial charge in [-0.15, -0.1) is 4.40 Å². The fourth-order valence-electron chi connectivity index (χ4n) is 2.52. The van der Waals surface area contributed by atoms with Gasteiger partial charge in [-0.2, -0.15) is 0 Å². The molecule has 0 aliphatic carbocycles. The number of sulfonamides is 1. The zero-order valence-electron chi connectivity index (χ0n) is 15.2. The van der Waals surface area contributed by atoms with Crippen LogP contribution in [-0.4, -0.2) is 56.0 Å². The first-order chi connectivity index (χ1) is 13.8.